The van der Waals surface area contributed by atoms with Crippen LogP contribution in [0.2, 0.25) is 0 Å². The maximum Gasteiger partial charge on any atom is 0.435 e. The van der Waals surface area contributed by atoms with Crippen LogP contribution in [0, 0.1) is 0 Å². The molecule has 0 radical (unpaired) electrons. The van der Waals surface area contributed by atoms with Gasteiger partial charge in [0.2, 0.25) is 0 Å². The molecule has 20 heavy (non-hydrogen) atoms. The van der Waals surface area contributed by atoms with Gasteiger partial charge in [0.25, 0.3) is 0 Å². The molecular formula is C12H14F3NO3S. The van der Waals surface area contributed by atoms with Crippen LogP contribution in [-0.4, -0.2) is 23.2 Å². The second-order valence-electron chi connectivity index (χ2n) is 4.76. The highest BCUT2D eigenvalue weighted by molar-refractivity contribution is 7.13. The molecule has 112 valence electrons. The molecule has 0 unspecified atom stereocenters. The largest absolute Gasteiger partial charge is 0.477 e. The van der Waals surface area contributed by atoms with Gasteiger partial charge in [0, 0.05) is 7.11 Å². The monoisotopic (exact) mass is 309 g/mol. The number of halogens is 3. The number of hydrogen-bond acceptors (Lipinski definition) is 4. The summed E-state index contributed by atoms with van der Waals surface area (Å²) in [5, 5.41) is 9.04. The Kier molecular flexibility index (Phi) is 4.06. The third-order valence-corrected chi connectivity index (χ3v) is 4.76. The minimum atomic E-state index is -4.77. The van der Waals surface area contributed by atoms with E-state index in [0.717, 1.165) is 19.3 Å². The Balaban J connectivity index is 2.49. The van der Waals surface area contributed by atoms with Crippen molar-refractivity contribution < 1.29 is 27.8 Å². The predicted octanol–water partition coefficient (Wildman–Crippen LogP) is 3.67. The summed E-state index contributed by atoms with van der Waals surface area (Å²) >= 11 is 0.569. The van der Waals surface area contributed by atoms with Gasteiger partial charge in [0.1, 0.15) is 15.5 Å². The summed E-state index contributed by atoms with van der Waals surface area (Å²) in [7, 11) is 1.43. The molecule has 0 bridgehead atoms. The second-order valence-corrected chi connectivity index (χ2v) is 5.76. The van der Waals surface area contributed by atoms with E-state index in [-0.39, 0.29) is 5.01 Å². The van der Waals surface area contributed by atoms with Crippen LogP contribution in [0.1, 0.15) is 52.5 Å². The summed E-state index contributed by atoms with van der Waals surface area (Å²) < 4.78 is 44.0. The topological polar surface area (TPSA) is 59.4 Å². The van der Waals surface area contributed by atoms with Crippen LogP contribution in [0.5, 0.6) is 0 Å². The van der Waals surface area contributed by atoms with Crippen LogP contribution in [-0.2, 0) is 16.5 Å². The molecule has 1 saturated carbocycles. The number of thiazole rings is 1. The number of nitrogens with zero attached hydrogens (tertiary/aromatic N) is 1. The first-order valence-electron chi connectivity index (χ1n) is 6.17. The summed E-state index contributed by atoms with van der Waals surface area (Å²) in [6, 6.07) is 0. The minimum Gasteiger partial charge on any atom is -0.477 e. The fourth-order valence-electron chi connectivity index (χ4n) is 2.48. The van der Waals surface area contributed by atoms with E-state index >= 15 is 0 Å². The molecule has 1 aliphatic carbocycles. The van der Waals surface area contributed by atoms with E-state index < -0.39 is 28.3 Å². The molecule has 0 spiro atoms. The van der Waals surface area contributed by atoms with Crippen molar-refractivity contribution in [2.24, 2.45) is 0 Å². The Morgan fingerprint density at radius 3 is 2.35 bits per heavy atom. The van der Waals surface area contributed by atoms with E-state index in [4.69, 9.17) is 9.84 Å². The van der Waals surface area contributed by atoms with Crippen LogP contribution >= 0.6 is 11.3 Å². The Labute approximate surface area is 117 Å². The molecule has 1 aromatic rings. The Morgan fingerprint density at radius 2 is 1.95 bits per heavy atom. The van der Waals surface area contributed by atoms with Gasteiger partial charge in [-0.15, -0.1) is 11.3 Å². The molecule has 0 saturated heterocycles. The van der Waals surface area contributed by atoms with Crippen LogP contribution in [0.25, 0.3) is 0 Å². The highest BCUT2D eigenvalue weighted by atomic mass is 32.1. The standard InChI is InChI=1S/C12H14F3NO3S/c1-19-11(5-3-2-4-6-11)10-16-8(12(13,14)15)7(20-10)9(17)18/h2-6H2,1H3,(H,17,18). The maximum absolute atomic E-state index is 12.9. The van der Waals surface area contributed by atoms with Crippen LogP contribution < -0.4 is 0 Å². The molecular weight excluding hydrogens is 295 g/mol. The van der Waals surface area contributed by atoms with Crippen molar-refractivity contribution in [3.05, 3.63) is 15.6 Å². The molecule has 1 fully saturated rings. The average molecular weight is 309 g/mol. The molecule has 8 heteroatoms. The normalized spacial score (nSPS) is 19.0. The first-order chi connectivity index (χ1) is 9.30. The van der Waals surface area contributed by atoms with E-state index in [2.05, 4.69) is 4.98 Å². The predicted molar refractivity (Wildman–Crippen MR) is 65.8 cm³/mol. The van der Waals surface area contributed by atoms with E-state index in [1.54, 1.807) is 0 Å². The summed E-state index contributed by atoms with van der Waals surface area (Å²) in [5.41, 5.74) is -2.21. The molecule has 1 aliphatic rings. The number of hydrogen-bond donors (Lipinski definition) is 1. The number of alkyl halides is 3. The maximum atomic E-state index is 12.9. The highest BCUT2D eigenvalue weighted by Crippen LogP contribution is 2.44. The van der Waals surface area contributed by atoms with Gasteiger partial charge in [0.05, 0.1) is 0 Å². The Morgan fingerprint density at radius 1 is 1.35 bits per heavy atom. The highest BCUT2D eigenvalue weighted by Gasteiger charge is 2.44. The number of aromatic carboxylic acids is 1. The summed E-state index contributed by atoms with van der Waals surface area (Å²) in [6.45, 7) is 0. The number of aromatic nitrogens is 1. The number of ether oxygens (including phenoxy) is 1. The van der Waals surface area contributed by atoms with Crippen molar-refractivity contribution in [2.75, 3.05) is 7.11 Å². The van der Waals surface area contributed by atoms with Gasteiger partial charge in [-0.1, -0.05) is 19.3 Å². The van der Waals surface area contributed by atoms with Gasteiger partial charge in [-0.3, -0.25) is 0 Å². The van der Waals surface area contributed by atoms with Crippen LogP contribution in [0.15, 0.2) is 0 Å². The van der Waals surface area contributed by atoms with Crippen molar-refractivity contribution in [3.8, 4) is 0 Å². The number of carbonyl (C=O) groups is 1. The van der Waals surface area contributed by atoms with Crippen molar-refractivity contribution >= 4 is 17.3 Å². The third kappa shape index (κ3) is 2.67. The molecule has 0 atom stereocenters. The SMILES string of the molecule is COC1(c2nc(C(F)(F)F)c(C(=O)O)s2)CCCCC1. The number of carboxylic acid groups (broad SMARTS) is 1. The molecule has 1 aromatic heterocycles. The van der Waals surface area contributed by atoms with E-state index in [0.29, 0.717) is 24.2 Å². The van der Waals surface area contributed by atoms with Crippen molar-refractivity contribution in [3.63, 3.8) is 0 Å². The molecule has 1 heterocycles. The zero-order chi connectivity index (χ0) is 15.0. The van der Waals surface area contributed by atoms with Crippen molar-refractivity contribution in [2.45, 2.75) is 43.9 Å². The van der Waals surface area contributed by atoms with E-state index in [1.165, 1.54) is 7.11 Å². The van der Waals surface area contributed by atoms with Gasteiger partial charge in [-0.25, -0.2) is 9.78 Å². The van der Waals surface area contributed by atoms with Crippen molar-refractivity contribution in [1.82, 2.24) is 4.98 Å². The third-order valence-electron chi connectivity index (χ3n) is 3.53. The fourth-order valence-corrected chi connectivity index (χ4v) is 3.63. The number of methoxy groups -OCH3 is 1. The molecule has 2 rings (SSSR count). The quantitative estimate of drug-likeness (QED) is 0.925. The summed E-state index contributed by atoms with van der Waals surface area (Å²) in [4.78, 5) is 13.8. The first-order valence-corrected chi connectivity index (χ1v) is 6.99. The van der Waals surface area contributed by atoms with Crippen molar-refractivity contribution in [1.29, 1.82) is 0 Å². The lowest BCUT2D eigenvalue weighted by Crippen LogP contribution is -2.31. The van der Waals surface area contributed by atoms with Gasteiger partial charge >= 0.3 is 12.1 Å². The van der Waals surface area contributed by atoms with Crippen LogP contribution in [0.3, 0.4) is 0 Å². The molecule has 0 amide bonds. The second kappa shape index (κ2) is 5.33. The number of carboxylic acids is 1. The van der Waals surface area contributed by atoms with Crippen LogP contribution in [0.4, 0.5) is 13.2 Å². The fraction of sp³-hybridized carbons (Fsp3) is 0.667. The van der Waals surface area contributed by atoms with E-state index in [1.807, 2.05) is 0 Å². The lowest BCUT2D eigenvalue weighted by molar-refractivity contribution is -0.141. The smallest absolute Gasteiger partial charge is 0.435 e. The molecule has 0 aliphatic heterocycles. The zero-order valence-electron chi connectivity index (χ0n) is 10.8. The zero-order valence-corrected chi connectivity index (χ0v) is 11.6. The average Bonchev–Trinajstić information content (AvgIpc) is 2.85. The Bertz CT molecular complexity index is 507. The number of rotatable bonds is 3. The minimum absolute atomic E-state index is 0.115. The summed E-state index contributed by atoms with van der Waals surface area (Å²) in [6.07, 6.45) is -0.991. The van der Waals surface area contributed by atoms with Gasteiger partial charge in [0.15, 0.2) is 5.69 Å². The van der Waals surface area contributed by atoms with Gasteiger partial charge < -0.3 is 9.84 Å². The molecule has 1 N–H and O–H groups in total. The molecule has 4 nitrogen and oxygen atoms in total. The lowest BCUT2D eigenvalue weighted by Gasteiger charge is -2.34. The Hall–Kier alpha value is -1.15. The molecule has 0 aromatic carbocycles. The van der Waals surface area contributed by atoms with Gasteiger partial charge in [-0.2, -0.15) is 13.2 Å². The summed E-state index contributed by atoms with van der Waals surface area (Å²) in [5.74, 6) is -1.61. The van der Waals surface area contributed by atoms with Gasteiger partial charge in [-0.05, 0) is 12.8 Å². The van der Waals surface area contributed by atoms with E-state index in [9.17, 15) is 18.0 Å². The lowest BCUT2D eigenvalue weighted by atomic mass is 9.85. The first kappa shape index (κ1) is 15.2.